The van der Waals surface area contributed by atoms with Crippen LogP contribution in [-0.4, -0.2) is 71.0 Å². The van der Waals surface area contributed by atoms with Gasteiger partial charge in [-0.25, -0.2) is 0 Å². The van der Waals surface area contributed by atoms with E-state index in [0.29, 0.717) is 53.7 Å². The van der Waals surface area contributed by atoms with Crippen LogP contribution >= 0.6 is 0 Å². The predicted molar refractivity (Wildman–Crippen MR) is 172 cm³/mol. The fourth-order valence-electron chi connectivity index (χ4n) is 6.66. The van der Waals surface area contributed by atoms with Crippen molar-refractivity contribution in [3.63, 3.8) is 0 Å². The van der Waals surface area contributed by atoms with Gasteiger partial charge in [0, 0.05) is 61.2 Å². The molecule has 238 valence electrons. The standard InChI is InChI=1S/C37H39N3O6/c1-44-31-20-28-29(21-32(31)45-17-5-16-40-23-35(43)36(24-40)11-12-36)38-15-10-30(28)46-27-9-8-26(39-22-27)19-34(42)37(13-14-37)33(41)18-25-6-3-2-4-7-25/h2-4,6-10,15,20-22,35,43H,5,11-14,16-19,23-24H2,1H3. The molecule has 9 heteroatoms. The van der Waals surface area contributed by atoms with Crippen LogP contribution in [0, 0.1) is 10.8 Å². The quantitative estimate of drug-likeness (QED) is 0.147. The Hall–Kier alpha value is -4.34. The Balaban J connectivity index is 0.964. The lowest BCUT2D eigenvalue weighted by molar-refractivity contribution is -0.133. The van der Waals surface area contributed by atoms with E-state index in [0.717, 1.165) is 49.8 Å². The maximum Gasteiger partial charge on any atom is 0.163 e. The Kier molecular flexibility index (Phi) is 8.21. The normalized spacial score (nSPS) is 19.2. The van der Waals surface area contributed by atoms with Crippen LogP contribution in [0.1, 0.15) is 43.4 Å². The Morgan fingerprint density at radius 2 is 1.74 bits per heavy atom. The number of fused-ring (bicyclic) bond motifs is 1. The summed E-state index contributed by atoms with van der Waals surface area (Å²) in [4.78, 5) is 37.5. The summed E-state index contributed by atoms with van der Waals surface area (Å²) < 4.78 is 18.0. The average Bonchev–Trinajstić information content (AvgIpc) is 3.99. The van der Waals surface area contributed by atoms with Crippen LogP contribution in [0.5, 0.6) is 23.0 Å². The number of likely N-dealkylation sites (tertiary alicyclic amines) is 1. The summed E-state index contributed by atoms with van der Waals surface area (Å²) in [7, 11) is 1.61. The first-order valence-electron chi connectivity index (χ1n) is 16.1. The van der Waals surface area contributed by atoms with E-state index in [1.165, 1.54) is 0 Å². The molecule has 2 aliphatic carbocycles. The van der Waals surface area contributed by atoms with Gasteiger partial charge in [-0.15, -0.1) is 0 Å². The van der Waals surface area contributed by atoms with Crippen molar-refractivity contribution in [1.82, 2.24) is 14.9 Å². The molecule has 1 aliphatic heterocycles. The van der Waals surface area contributed by atoms with Crippen molar-refractivity contribution >= 4 is 22.5 Å². The Morgan fingerprint density at radius 3 is 2.43 bits per heavy atom. The minimum Gasteiger partial charge on any atom is -0.493 e. The molecule has 1 atom stereocenters. The second kappa shape index (κ2) is 12.5. The molecule has 2 saturated carbocycles. The number of aliphatic hydroxyl groups excluding tert-OH is 1. The summed E-state index contributed by atoms with van der Waals surface area (Å²) in [5.41, 5.74) is 1.53. The number of benzene rings is 2. The molecule has 9 nitrogen and oxygen atoms in total. The summed E-state index contributed by atoms with van der Waals surface area (Å²) in [6.07, 6.45) is 7.80. The molecular weight excluding hydrogens is 582 g/mol. The van der Waals surface area contributed by atoms with Crippen molar-refractivity contribution in [1.29, 1.82) is 0 Å². The number of pyridine rings is 2. The van der Waals surface area contributed by atoms with E-state index in [1.54, 1.807) is 37.7 Å². The second-order valence-electron chi connectivity index (χ2n) is 13.0. The zero-order chi connectivity index (χ0) is 31.7. The summed E-state index contributed by atoms with van der Waals surface area (Å²) in [6, 6.07) is 18.6. The summed E-state index contributed by atoms with van der Waals surface area (Å²) >= 11 is 0. The molecule has 0 amide bonds. The molecule has 0 bridgehead atoms. The number of β-amino-alcohol motifs (C(OH)–C–C–N with tert-alkyl or cyclic N) is 1. The van der Waals surface area contributed by atoms with E-state index in [2.05, 4.69) is 14.9 Å². The molecular formula is C37H39N3O6. The van der Waals surface area contributed by atoms with Crippen LogP contribution in [-0.2, 0) is 22.4 Å². The largest absolute Gasteiger partial charge is 0.493 e. The molecule has 2 aromatic heterocycles. The predicted octanol–water partition coefficient (Wildman–Crippen LogP) is 5.36. The van der Waals surface area contributed by atoms with Gasteiger partial charge in [0.15, 0.2) is 23.1 Å². The van der Waals surface area contributed by atoms with Crippen molar-refractivity contribution < 1.29 is 28.9 Å². The first kappa shape index (κ1) is 30.3. The lowest BCUT2D eigenvalue weighted by Crippen LogP contribution is -2.29. The number of methoxy groups -OCH3 is 1. The number of aliphatic hydroxyl groups is 1. The number of carbonyl (C=O) groups is 2. The van der Waals surface area contributed by atoms with Gasteiger partial charge in [0.1, 0.15) is 11.5 Å². The molecule has 46 heavy (non-hydrogen) atoms. The highest BCUT2D eigenvalue weighted by Gasteiger charge is 2.55. The van der Waals surface area contributed by atoms with Gasteiger partial charge in [-0.3, -0.25) is 24.5 Å². The van der Waals surface area contributed by atoms with Crippen LogP contribution in [0.3, 0.4) is 0 Å². The number of Topliss-reactive ketones (excluding diaryl/α,β-unsaturated/α-hetero) is 2. The highest BCUT2D eigenvalue weighted by atomic mass is 16.5. The van der Waals surface area contributed by atoms with Gasteiger partial charge in [0.2, 0.25) is 0 Å². The number of hydrogen-bond donors (Lipinski definition) is 1. The summed E-state index contributed by atoms with van der Waals surface area (Å²) in [6.45, 7) is 3.15. The number of ether oxygens (including phenoxy) is 3. The van der Waals surface area contributed by atoms with Crippen molar-refractivity contribution in [2.24, 2.45) is 10.8 Å². The Labute approximate surface area is 268 Å². The van der Waals surface area contributed by atoms with Gasteiger partial charge in [0.25, 0.3) is 0 Å². The smallest absolute Gasteiger partial charge is 0.163 e. The van der Waals surface area contributed by atoms with Crippen molar-refractivity contribution in [3.05, 3.63) is 84.3 Å². The molecule has 1 spiro atoms. The van der Waals surface area contributed by atoms with E-state index in [9.17, 15) is 14.7 Å². The number of rotatable bonds is 14. The lowest BCUT2D eigenvalue weighted by Gasteiger charge is -2.17. The van der Waals surface area contributed by atoms with Crippen LogP contribution in [0.15, 0.2) is 73.1 Å². The number of nitrogens with zero attached hydrogens (tertiary/aromatic N) is 3. The van der Waals surface area contributed by atoms with Gasteiger partial charge in [-0.05, 0) is 61.9 Å². The first-order chi connectivity index (χ1) is 22.4. The highest BCUT2D eigenvalue weighted by molar-refractivity contribution is 6.10. The van der Waals surface area contributed by atoms with E-state index < -0.39 is 5.41 Å². The van der Waals surface area contributed by atoms with Crippen LogP contribution < -0.4 is 14.2 Å². The molecule has 1 N–H and O–H groups in total. The van der Waals surface area contributed by atoms with Crippen LogP contribution in [0.25, 0.3) is 10.9 Å². The monoisotopic (exact) mass is 621 g/mol. The molecule has 3 heterocycles. The zero-order valence-electron chi connectivity index (χ0n) is 26.1. The van der Waals surface area contributed by atoms with Gasteiger partial charge < -0.3 is 19.3 Å². The SMILES string of the molecule is COc1cc2c(Oc3ccc(CC(=O)C4(C(=O)Cc5ccccc5)CC4)nc3)ccnc2cc1OCCCN1CC(O)C2(CC2)C1. The van der Waals surface area contributed by atoms with E-state index in [4.69, 9.17) is 14.2 Å². The van der Waals surface area contributed by atoms with Gasteiger partial charge >= 0.3 is 0 Å². The molecule has 0 radical (unpaired) electrons. The van der Waals surface area contributed by atoms with Crippen LogP contribution in [0.4, 0.5) is 0 Å². The maximum atomic E-state index is 13.2. The third-order valence-corrected chi connectivity index (χ3v) is 9.82. The lowest BCUT2D eigenvalue weighted by atomic mass is 9.89. The number of aromatic nitrogens is 2. The first-order valence-corrected chi connectivity index (χ1v) is 16.1. The third kappa shape index (κ3) is 6.22. The van der Waals surface area contributed by atoms with Crippen molar-refractivity contribution in [2.75, 3.05) is 33.4 Å². The van der Waals surface area contributed by atoms with E-state index in [1.807, 2.05) is 42.5 Å². The highest BCUT2D eigenvalue weighted by Crippen LogP contribution is 2.52. The molecule has 4 aromatic rings. The topological polar surface area (TPSA) is 111 Å². The maximum absolute atomic E-state index is 13.2. The van der Waals surface area contributed by atoms with E-state index >= 15 is 0 Å². The zero-order valence-corrected chi connectivity index (χ0v) is 26.1. The molecule has 1 saturated heterocycles. The molecule has 7 rings (SSSR count). The van der Waals surface area contributed by atoms with Crippen LogP contribution in [0.2, 0.25) is 0 Å². The van der Waals surface area contributed by atoms with Gasteiger partial charge in [-0.1, -0.05) is 30.3 Å². The molecule has 2 aromatic carbocycles. The minimum atomic E-state index is -0.874. The fourth-order valence-corrected chi connectivity index (χ4v) is 6.66. The molecule has 3 aliphatic rings. The van der Waals surface area contributed by atoms with Crippen molar-refractivity contribution in [2.45, 2.75) is 51.0 Å². The summed E-state index contributed by atoms with van der Waals surface area (Å²) in [5, 5.41) is 11.1. The Bertz CT molecular complexity index is 1730. The second-order valence-corrected chi connectivity index (χ2v) is 13.0. The van der Waals surface area contributed by atoms with Crippen molar-refractivity contribution in [3.8, 4) is 23.0 Å². The average molecular weight is 622 g/mol. The van der Waals surface area contributed by atoms with Gasteiger partial charge in [0.05, 0.1) is 36.9 Å². The third-order valence-electron chi connectivity index (χ3n) is 9.82. The Morgan fingerprint density at radius 1 is 0.935 bits per heavy atom. The summed E-state index contributed by atoms with van der Waals surface area (Å²) in [5.74, 6) is 2.23. The number of hydrogen-bond acceptors (Lipinski definition) is 9. The van der Waals surface area contributed by atoms with E-state index in [-0.39, 0.29) is 35.9 Å². The minimum absolute atomic E-state index is 0.00798. The molecule has 1 unspecified atom stereocenters. The van der Waals surface area contributed by atoms with Gasteiger partial charge in [-0.2, -0.15) is 0 Å². The molecule has 3 fully saturated rings. The number of ketones is 2. The fraction of sp³-hybridized carbons (Fsp3) is 0.405. The number of carbonyl (C=O) groups excluding carboxylic acids is 2.